The van der Waals surface area contributed by atoms with Crippen molar-refractivity contribution >= 4 is 5.69 Å². The summed E-state index contributed by atoms with van der Waals surface area (Å²) in [4.78, 5) is 0. The van der Waals surface area contributed by atoms with Gasteiger partial charge in [-0.2, -0.15) is 0 Å². The molecule has 2 N–H and O–H groups in total. The maximum absolute atomic E-state index is 13.5. The summed E-state index contributed by atoms with van der Waals surface area (Å²) in [6, 6.07) is 4.39. The van der Waals surface area contributed by atoms with Crippen LogP contribution in [0.5, 0.6) is 0 Å². The van der Waals surface area contributed by atoms with Gasteiger partial charge in [0.15, 0.2) is 5.82 Å². The van der Waals surface area contributed by atoms with E-state index in [0.717, 1.165) is 19.4 Å². The Bertz CT molecular complexity index is 561. The normalized spacial score (nSPS) is 12.5. The van der Waals surface area contributed by atoms with E-state index in [1.165, 1.54) is 25.0 Å². The summed E-state index contributed by atoms with van der Waals surface area (Å²) in [5.41, 5.74) is 6.68. The van der Waals surface area contributed by atoms with Crippen molar-refractivity contribution in [1.29, 1.82) is 0 Å². The zero-order valence-corrected chi connectivity index (χ0v) is 12.6. The Morgan fingerprint density at radius 1 is 1.29 bits per heavy atom. The molecule has 5 nitrogen and oxygen atoms in total. The molecule has 114 valence electrons. The number of halogens is 1. The fourth-order valence-electron chi connectivity index (χ4n) is 2.44. The van der Waals surface area contributed by atoms with E-state index >= 15 is 0 Å². The second-order valence-electron chi connectivity index (χ2n) is 5.37. The molecule has 0 aliphatic rings. The quantitative estimate of drug-likeness (QED) is 0.795. The van der Waals surface area contributed by atoms with Crippen LogP contribution in [0.2, 0.25) is 0 Å². The van der Waals surface area contributed by atoms with E-state index in [1.807, 2.05) is 0 Å². The fourth-order valence-corrected chi connectivity index (χ4v) is 2.44. The molecule has 2 rings (SSSR count). The standard InChI is InChI=1S/C15H22FN5/c1-3-5-6-11(4-2)10-21-15(18-19-20-21)12-7-13(16)9-14(17)8-12/h7-9,11H,3-6,10,17H2,1-2H3. The number of rotatable bonds is 7. The lowest BCUT2D eigenvalue weighted by molar-refractivity contribution is 0.370. The van der Waals surface area contributed by atoms with Gasteiger partial charge in [0.2, 0.25) is 0 Å². The van der Waals surface area contributed by atoms with Crippen molar-refractivity contribution in [2.45, 2.75) is 46.1 Å². The lowest BCUT2D eigenvalue weighted by atomic mass is 9.99. The van der Waals surface area contributed by atoms with Crippen molar-refractivity contribution in [3.8, 4) is 11.4 Å². The number of unbranched alkanes of at least 4 members (excludes halogenated alkanes) is 1. The van der Waals surface area contributed by atoms with Crippen LogP contribution >= 0.6 is 0 Å². The number of nitrogens with zero attached hydrogens (tertiary/aromatic N) is 4. The highest BCUT2D eigenvalue weighted by Gasteiger charge is 2.14. The molecule has 0 saturated carbocycles. The molecule has 0 saturated heterocycles. The zero-order valence-electron chi connectivity index (χ0n) is 12.6. The molecular weight excluding hydrogens is 269 g/mol. The Morgan fingerprint density at radius 3 is 2.76 bits per heavy atom. The third-order valence-corrected chi connectivity index (χ3v) is 3.68. The first kappa shape index (κ1) is 15.4. The van der Waals surface area contributed by atoms with Crippen LogP contribution in [0, 0.1) is 11.7 Å². The van der Waals surface area contributed by atoms with Crippen LogP contribution < -0.4 is 5.73 Å². The van der Waals surface area contributed by atoms with Crippen molar-refractivity contribution in [1.82, 2.24) is 20.2 Å². The van der Waals surface area contributed by atoms with Gasteiger partial charge in [0.25, 0.3) is 0 Å². The van der Waals surface area contributed by atoms with Crippen molar-refractivity contribution in [2.75, 3.05) is 5.73 Å². The predicted octanol–water partition coefficient (Wildman–Crippen LogP) is 3.28. The molecule has 1 atom stereocenters. The van der Waals surface area contributed by atoms with Crippen molar-refractivity contribution in [2.24, 2.45) is 5.92 Å². The minimum absolute atomic E-state index is 0.373. The van der Waals surface area contributed by atoms with Gasteiger partial charge in [-0.25, -0.2) is 9.07 Å². The number of hydrogen-bond donors (Lipinski definition) is 1. The highest BCUT2D eigenvalue weighted by molar-refractivity contribution is 5.61. The molecule has 0 radical (unpaired) electrons. The van der Waals surface area contributed by atoms with Crippen molar-refractivity contribution in [3.05, 3.63) is 24.0 Å². The van der Waals surface area contributed by atoms with Crippen LogP contribution in [-0.4, -0.2) is 20.2 Å². The minimum Gasteiger partial charge on any atom is -0.399 e. The van der Waals surface area contributed by atoms with Crippen molar-refractivity contribution < 1.29 is 4.39 Å². The molecule has 1 aromatic carbocycles. The first-order valence-electron chi connectivity index (χ1n) is 7.46. The number of nitrogens with two attached hydrogens (primary N) is 1. The smallest absolute Gasteiger partial charge is 0.182 e. The maximum Gasteiger partial charge on any atom is 0.182 e. The number of benzene rings is 1. The summed E-state index contributed by atoms with van der Waals surface area (Å²) in [5, 5.41) is 11.8. The minimum atomic E-state index is -0.377. The van der Waals surface area contributed by atoms with Gasteiger partial charge in [-0.05, 0) is 41.0 Å². The maximum atomic E-state index is 13.5. The first-order valence-corrected chi connectivity index (χ1v) is 7.46. The molecule has 0 aliphatic carbocycles. The Morgan fingerprint density at radius 2 is 2.10 bits per heavy atom. The van der Waals surface area contributed by atoms with Crippen LogP contribution in [0.1, 0.15) is 39.5 Å². The topological polar surface area (TPSA) is 69.6 Å². The van der Waals surface area contributed by atoms with E-state index in [4.69, 9.17) is 5.73 Å². The summed E-state index contributed by atoms with van der Waals surface area (Å²) in [7, 11) is 0. The molecule has 1 aromatic heterocycles. The summed E-state index contributed by atoms with van der Waals surface area (Å²) < 4.78 is 15.2. The lowest BCUT2D eigenvalue weighted by Gasteiger charge is -2.15. The lowest BCUT2D eigenvalue weighted by Crippen LogP contribution is -2.13. The highest BCUT2D eigenvalue weighted by atomic mass is 19.1. The third-order valence-electron chi connectivity index (χ3n) is 3.68. The first-order chi connectivity index (χ1) is 10.1. The molecule has 0 spiro atoms. The third kappa shape index (κ3) is 4.00. The predicted molar refractivity (Wildman–Crippen MR) is 80.9 cm³/mol. The van der Waals surface area contributed by atoms with Gasteiger partial charge in [-0.3, -0.25) is 0 Å². The number of tetrazole rings is 1. The van der Waals surface area contributed by atoms with Gasteiger partial charge < -0.3 is 5.73 Å². The van der Waals surface area contributed by atoms with Crippen LogP contribution in [0.25, 0.3) is 11.4 Å². The van der Waals surface area contributed by atoms with Gasteiger partial charge in [0, 0.05) is 17.8 Å². The monoisotopic (exact) mass is 291 g/mol. The highest BCUT2D eigenvalue weighted by Crippen LogP contribution is 2.22. The summed E-state index contributed by atoms with van der Waals surface area (Å²) in [5.74, 6) is 0.715. The Labute approximate surface area is 124 Å². The second-order valence-corrected chi connectivity index (χ2v) is 5.37. The molecule has 21 heavy (non-hydrogen) atoms. The van der Waals surface area contributed by atoms with E-state index in [0.29, 0.717) is 23.0 Å². The molecule has 0 bridgehead atoms. The number of hydrogen-bond acceptors (Lipinski definition) is 4. The van der Waals surface area contributed by atoms with E-state index in [2.05, 4.69) is 29.4 Å². The summed E-state index contributed by atoms with van der Waals surface area (Å²) >= 11 is 0. The number of aromatic nitrogens is 4. The Hall–Kier alpha value is -1.98. The summed E-state index contributed by atoms with van der Waals surface area (Å²) in [6.07, 6.45) is 4.60. The van der Waals surface area contributed by atoms with Gasteiger partial charge in [0.1, 0.15) is 5.82 Å². The molecule has 0 aliphatic heterocycles. The van der Waals surface area contributed by atoms with Crippen LogP contribution in [0.15, 0.2) is 18.2 Å². The van der Waals surface area contributed by atoms with Crippen LogP contribution in [0.4, 0.5) is 10.1 Å². The fraction of sp³-hybridized carbons (Fsp3) is 0.533. The van der Waals surface area contributed by atoms with Gasteiger partial charge >= 0.3 is 0 Å². The average Bonchev–Trinajstić information content (AvgIpc) is 2.90. The van der Waals surface area contributed by atoms with E-state index in [9.17, 15) is 4.39 Å². The summed E-state index contributed by atoms with van der Waals surface area (Å²) in [6.45, 7) is 5.10. The van der Waals surface area contributed by atoms with Gasteiger partial charge in [0.05, 0.1) is 0 Å². The van der Waals surface area contributed by atoms with Gasteiger partial charge in [-0.1, -0.05) is 33.1 Å². The Kier molecular flexibility index (Phi) is 5.25. The molecule has 6 heteroatoms. The van der Waals surface area contributed by atoms with Crippen molar-refractivity contribution in [3.63, 3.8) is 0 Å². The molecule has 0 amide bonds. The largest absolute Gasteiger partial charge is 0.399 e. The number of nitrogen functional groups attached to an aromatic ring is 1. The van der Waals surface area contributed by atoms with Crippen LogP contribution in [-0.2, 0) is 6.54 Å². The molecule has 1 unspecified atom stereocenters. The second kappa shape index (κ2) is 7.15. The van der Waals surface area contributed by atoms with E-state index in [1.54, 1.807) is 10.7 Å². The molecule has 0 fully saturated rings. The SMILES string of the molecule is CCCCC(CC)Cn1nnnc1-c1cc(N)cc(F)c1. The molecule has 1 heterocycles. The Balaban J connectivity index is 2.21. The van der Waals surface area contributed by atoms with Crippen LogP contribution in [0.3, 0.4) is 0 Å². The number of anilines is 1. The molecular formula is C15H22FN5. The molecule has 2 aromatic rings. The van der Waals surface area contributed by atoms with E-state index in [-0.39, 0.29) is 5.82 Å². The zero-order chi connectivity index (χ0) is 15.2. The van der Waals surface area contributed by atoms with E-state index < -0.39 is 0 Å². The van der Waals surface area contributed by atoms with Gasteiger partial charge in [-0.15, -0.1) is 5.10 Å². The average molecular weight is 291 g/mol.